The molecule has 0 spiro atoms. The van der Waals surface area contributed by atoms with Crippen molar-refractivity contribution < 1.29 is 9.79 Å². The van der Waals surface area contributed by atoms with E-state index < -0.39 is 13.7 Å². The van der Waals surface area contributed by atoms with E-state index in [2.05, 4.69) is 0 Å². The molecule has 0 aliphatic carbocycles. The number of benzene rings is 1. The smallest absolute Gasteiger partial charge is 0.191 e. The van der Waals surface area contributed by atoms with Crippen LogP contribution in [0.1, 0.15) is 12.5 Å². The zero-order chi connectivity index (χ0) is 9.19. The van der Waals surface area contributed by atoms with E-state index in [1.807, 2.05) is 18.2 Å². The average molecular weight is 185 g/mol. The summed E-state index contributed by atoms with van der Waals surface area (Å²) in [6.07, 6.45) is 0. The fourth-order valence-corrected chi connectivity index (χ4v) is 1.27. The molecule has 1 rings (SSSR count). The minimum Gasteiger partial charge on any atom is -0.349 e. The van der Waals surface area contributed by atoms with E-state index in [1.54, 1.807) is 19.1 Å². The summed E-state index contributed by atoms with van der Waals surface area (Å²) in [5.41, 5.74) is 6.45. The number of hydrogen-bond acceptors (Lipinski definition) is 3. The summed E-state index contributed by atoms with van der Waals surface area (Å²) in [6, 6.07) is 9.05. The summed E-state index contributed by atoms with van der Waals surface area (Å²) in [7, 11) is -2.14. The molecule has 0 heterocycles. The maximum absolute atomic E-state index is 9.03. The van der Waals surface area contributed by atoms with Crippen LogP contribution in [0.25, 0.3) is 0 Å². The van der Waals surface area contributed by atoms with E-state index in [0.29, 0.717) is 0 Å². The molecule has 0 aliphatic heterocycles. The van der Waals surface area contributed by atoms with E-state index in [0.717, 1.165) is 5.56 Å². The molecule has 0 radical (unpaired) electrons. The highest BCUT2D eigenvalue weighted by molar-refractivity contribution is 7.46. The second-order valence-corrected chi connectivity index (χ2v) is 4.31. The third-order valence-corrected chi connectivity index (χ3v) is 2.86. The number of hydrogen-bond donors (Lipinski definition) is 3. The molecule has 1 aromatic carbocycles. The van der Waals surface area contributed by atoms with Gasteiger partial charge < -0.3 is 15.5 Å². The molecule has 0 aromatic heterocycles. The average Bonchev–Trinajstić information content (AvgIpc) is 2.06. The Balaban J connectivity index is 2.98. The summed E-state index contributed by atoms with van der Waals surface area (Å²) >= 11 is 0. The van der Waals surface area contributed by atoms with Crippen LogP contribution in [0, 0.1) is 0 Å². The lowest BCUT2D eigenvalue weighted by molar-refractivity contribution is 0.433. The molecular formula is C8H12NO2P. The van der Waals surface area contributed by atoms with Crippen molar-refractivity contribution in [2.75, 3.05) is 0 Å². The van der Waals surface area contributed by atoms with Crippen molar-refractivity contribution in [3.63, 3.8) is 0 Å². The van der Waals surface area contributed by atoms with Gasteiger partial charge in [0.15, 0.2) is 8.38 Å². The summed E-state index contributed by atoms with van der Waals surface area (Å²) in [4.78, 5) is 18.1. The van der Waals surface area contributed by atoms with E-state index in [-0.39, 0.29) is 0 Å². The fraction of sp³-hybridized carbons (Fsp3) is 0.250. The van der Waals surface area contributed by atoms with Crippen LogP contribution in [0.5, 0.6) is 0 Å². The lowest BCUT2D eigenvalue weighted by Crippen LogP contribution is -2.30. The van der Waals surface area contributed by atoms with E-state index in [9.17, 15) is 0 Å². The van der Waals surface area contributed by atoms with Crippen LogP contribution >= 0.6 is 8.38 Å². The van der Waals surface area contributed by atoms with Crippen LogP contribution in [-0.4, -0.2) is 9.79 Å². The molecule has 0 aliphatic rings. The molecule has 4 heteroatoms. The van der Waals surface area contributed by atoms with E-state index in [1.165, 1.54) is 0 Å². The van der Waals surface area contributed by atoms with Crippen molar-refractivity contribution in [1.82, 2.24) is 0 Å². The third kappa shape index (κ3) is 1.82. The van der Waals surface area contributed by atoms with Crippen LogP contribution in [0.2, 0.25) is 0 Å². The van der Waals surface area contributed by atoms with Crippen LogP contribution < -0.4 is 5.73 Å². The molecule has 0 bridgehead atoms. The van der Waals surface area contributed by atoms with Crippen molar-refractivity contribution in [2.45, 2.75) is 12.2 Å². The van der Waals surface area contributed by atoms with Crippen molar-refractivity contribution in [2.24, 2.45) is 5.73 Å². The largest absolute Gasteiger partial charge is 0.349 e. The highest BCUT2D eigenvalue weighted by Gasteiger charge is 2.29. The summed E-state index contributed by atoms with van der Waals surface area (Å²) < 4.78 is 0. The van der Waals surface area contributed by atoms with Gasteiger partial charge in [-0.2, -0.15) is 0 Å². The van der Waals surface area contributed by atoms with Gasteiger partial charge in [0.1, 0.15) is 5.28 Å². The first-order chi connectivity index (χ1) is 5.55. The molecule has 1 aromatic rings. The monoisotopic (exact) mass is 185 g/mol. The highest BCUT2D eigenvalue weighted by Crippen LogP contribution is 2.44. The van der Waals surface area contributed by atoms with Gasteiger partial charge in [-0.05, 0) is 12.5 Å². The summed E-state index contributed by atoms with van der Waals surface area (Å²) in [6.45, 7) is 1.61. The molecule has 0 fully saturated rings. The van der Waals surface area contributed by atoms with Gasteiger partial charge in [0.2, 0.25) is 0 Å². The zero-order valence-electron chi connectivity index (χ0n) is 6.81. The predicted octanol–water partition coefficient (Wildman–Crippen LogP) is 1.11. The van der Waals surface area contributed by atoms with Gasteiger partial charge in [0.05, 0.1) is 0 Å². The maximum atomic E-state index is 9.03. The minimum atomic E-state index is -2.14. The highest BCUT2D eigenvalue weighted by atomic mass is 31.2. The third-order valence-electron chi connectivity index (χ3n) is 1.77. The molecule has 4 N–H and O–H groups in total. The first kappa shape index (κ1) is 9.62. The van der Waals surface area contributed by atoms with Crippen LogP contribution in [0.15, 0.2) is 30.3 Å². The van der Waals surface area contributed by atoms with Crippen LogP contribution in [0.4, 0.5) is 0 Å². The maximum Gasteiger partial charge on any atom is 0.191 e. The molecule has 66 valence electrons. The Morgan fingerprint density at radius 2 is 1.75 bits per heavy atom. The van der Waals surface area contributed by atoms with Gasteiger partial charge in [-0.3, -0.25) is 0 Å². The predicted molar refractivity (Wildman–Crippen MR) is 49.3 cm³/mol. The molecule has 12 heavy (non-hydrogen) atoms. The van der Waals surface area contributed by atoms with Gasteiger partial charge in [-0.25, -0.2) is 0 Å². The fourth-order valence-electron chi connectivity index (χ4n) is 0.891. The standard InChI is InChI=1S/C8H12NO2P/c1-8(9,12(10)11)7-5-3-2-4-6-7/h2-6,10-11H,9H2,1H3/t8-/m1/s1. The molecule has 3 nitrogen and oxygen atoms in total. The zero-order valence-corrected chi connectivity index (χ0v) is 7.70. The Labute approximate surface area is 72.8 Å². The van der Waals surface area contributed by atoms with Gasteiger partial charge in [-0.15, -0.1) is 0 Å². The van der Waals surface area contributed by atoms with E-state index in [4.69, 9.17) is 15.5 Å². The molecular weight excluding hydrogens is 173 g/mol. The van der Waals surface area contributed by atoms with Crippen molar-refractivity contribution >= 4 is 8.38 Å². The van der Waals surface area contributed by atoms with Crippen LogP contribution in [0.3, 0.4) is 0 Å². The number of nitrogens with two attached hydrogens (primary N) is 1. The lowest BCUT2D eigenvalue weighted by atomic mass is 10.1. The van der Waals surface area contributed by atoms with Crippen molar-refractivity contribution in [1.29, 1.82) is 0 Å². The Morgan fingerprint density at radius 1 is 1.25 bits per heavy atom. The molecule has 0 saturated heterocycles. The Bertz CT molecular complexity index is 248. The van der Waals surface area contributed by atoms with Crippen molar-refractivity contribution in [3.05, 3.63) is 35.9 Å². The molecule has 0 amide bonds. The van der Waals surface area contributed by atoms with Gasteiger partial charge in [0.25, 0.3) is 0 Å². The number of rotatable bonds is 2. The quantitative estimate of drug-likeness (QED) is 0.605. The van der Waals surface area contributed by atoms with Gasteiger partial charge in [0, 0.05) is 0 Å². The Hall–Kier alpha value is -0.470. The normalized spacial score (nSPS) is 16.1. The first-order valence-corrected chi connectivity index (χ1v) is 4.82. The van der Waals surface area contributed by atoms with Crippen molar-refractivity contribution in [3.8, 4) is 0 Å². The summed E-state index contributed by atoms with van der Waals surface area (Å²) in [5.74, 6) is 0. The molecule has 0 saturated carbocycles. The summed E-state index contributed by atoms with van der Waals surface area (Å²) in [5, 5.41) is -1.03. The second kappa shape index (κ2) is 3.50. The van der Waals surface area contributed by atoms with Crippen LogP contribution in [-0.2, 0) is 5.28 Å². The molecule has 0 unspecified atom stereocenters. The van der Waals surface area contributed by atoms with E-state index >= 15 is 0 Å². The van der Waals surface area contributed by atoms with Gasteiger partial charge in [-0.1, -0.05) is 30.3 Å². The molecule has 1 atom stereocenters. The minimum absolute atomic E-state index is 0.737. The lowest BCUT2D eigenvalue weighted by Gasteiger charge is -2.25. The Morgan fingerprint density at radius 3 is 2.17 bits per heavy atom. The Kier molecular flexibility index (Phi) is 2.80. The van der Waals surface area contributed by atoms with Gasteiger partial charge >= 0.3 is 0 Å². The second-order valence-electron chi connectivity index (χ2n) is 2.80. The SMILES string of the molecule is C[C@](N)(c1ccccc1)P(O)O. The topological polar surface area (TPSA) is 66.5 Å². The first-order valence-electron chi connectivity index (χ1n) is 3.57.